The Bertz CT molecular complexity index is 1220. The van der Waals surface area contributed by atoms with Crippen LogP contribution in [0.3, 0.4) is 0 Å². The number of hydrogen-bond acceptors (Lipinski definition) is 5. The van der Waals surface area contributed by atoms with Crippen molar-refractivity contribution in [3.8, 4) is 16.9 Å². The molecule has 0 amide bonds. The highest BCUT2D eigenvalue weighted by atomic mass is 32.1. The van der Waals surface area contributed by atoms with E-state index in [9.17, 15) is 4.39 Å². The third kappa shape index (κ3) is 3.87. The minimum atomic E-state index is -0.299. The summed E-state index contributed by atoms with van der Waals surface area (Å²) in [5.74, 6) is 0.766. The number of nitrogens with one attached hydrogen (secondary N) is 1. The van der Waals surface area contributed by atoms with Gasteiger partial charge in [-0.15, -0.1) is 11.3 Å². The van der Waals surface area contributed by atoms with Crippen LogP contribution in [0.2, 0.25) is 0 Å². The van der Waals surface area contributed by atoms with Gasteiger partial charge in [-0.1, -0.05) is 13.0 Å². The van der Waals surface area contributed by atoms with E-state index in [4.69, 9.17) is 10.1 Å². The van der Waals surface area contributed by atoms with Gasteiger partial charge in [0, 0.05) is 29.2 Å². The molecule has 5 rings (SSSR count). The zero-order chi connectivity index (χ0) is 21.4. The van der Waals surface area contributed by atoms with Crippen molar-refractivity contribution in [1.29, 1.82) is 0 Å². The molecule has 1 N–H and O–H groups in total. The zero-order valence-corrected chi connectivity index (χ0v) is 18.5. The average molecular weight is 437 g/mol. The molecule has 160 valence electrons. The lowest BCUT2D eigenvalue weighted by Gasteiger charge is -2.12. The molecule has 0 unspecified atom stereocenters. The summed E-state index contributed by atoms with van der Waals surface area (Å²) in [4.78, 5) is 8.91. The number of benzene rings is 1. The molecule has 0 radical (unpaired) electrons. The highest BCUT2D eigenvalue weighted by molar-refractivity contribution is 7.14. The van der Waals surface area contributed by atoms with Crippen molar-refractivity contribution >= 4 is 22.3 Å². The molecular weight excluding hydrogens is 411 g/mol. The third-order valence-corrected chi connectivity index (χ3v) is 6.38. The summed E-state index contributed by atoms with van der Waals surface area (Å²) in [6.45, 7) is 4.93. The number of imidazole rings is 1. The van der Waals surface area contributed by atoms with Crippen molar-refractivity contribution in [2.24, 2.45) is 0 Å². The largest absolute Gasteiger partial charge is 0.316 e. The summed E-state index contributed by atoms with van der Waals surface area (Å²) < 4.78 is 18.5. The maximum Gasteiger partial charge on any atom is 0.188 e. The van der Waals surface area contributed by atoms with Crippen LogP contribution < -0.4 is 5.32 Å². The van der Waals surface area contributed by atoms with Crippen molar-refractivity contribution in [3.63, 3.8) is 0 Å². The lowest BCUT2D eigenvalue weighted by Crippen LogP contribution is -2.05. The molecular formula is C23H25FN6S. The number of halogens is 1. The molecule has 4 aromatic rings. The van der Waals surface area contributed by atoms with Crippen LogP contribution in [0, 0.1) is 12.7 Å². The van der Waals surface area contributed by atoms with E-state index >= 15 is 0 Å². The van der Waals surface area contributed by atoms with E-state index in [0.717, 1.165) is 53.7 Å². The normalized spacial score (nSPS) is 13.4. The van der Waals surface area contributed by atoms with E-state index in [1.165, 1.54) is 41.5 Å². The van der Waals surface area contributed by atoms with Crippen molar-refractivity contribution in [1.82, 2.24) is 24.3 Å². The minimum Gasteiger partial charge on any atom is -0.316 e. The molecule has 8 heteroatoms. The lowest BCUT2D eigenvalue weighted by molar-refractivity contribution is 0.595. The quantitative estimate of drug-likeness (QED) is 0.423. The second kappa shape index (κ2) is 8.26. The summed E-state index contributed by atoms with van der Waals surface area (Å²) in [6.07, 6.45) is 8.97. The lowest BCUT2D eigenvalue weighted by atomic mass is 9.97. The zero-order valence-electron chi connectivity index (χ0n) is 17.7. The minimum absolute atomic E-state index is 0.299. The van der Waals surface area contributed by atoms with Crippen molar-refractivity contribution < 1.29 is 4.39 Å². The summed E-state index contributed by atoms with van der Waals surface area (Å²) in [7, 11) is 0. The van der Waals surface area contributed by atoms with E-state index < -0.39 is 0 Å². The van der Waals surface area contributed by atoms with Gasteiger partial charge in [-0.05, 0) is 51.2 Å². The van der Waals surface area contributed by atoms with Crippen LogP contribution in [0.1, 0.15) is 43.1 Å². The van der Waals surface area contributed by atoms with Gasteiger partial charge in [0.2, 0.25) is 0 Å². The van der Waals surface area contributed by atoms with Gasteiger partial charge in [0.1, 0.15) is 11.6 Å². The standard InChI is InChI=1S/C23H25FN6S/c1-3-10-30-22(17-6-4-5-7-19(17)28-30)27-23-26-20(13-31-23)16-8-9-21(18(24)11-16)29-12-15(2)25-14-29/h8-9,11-14H,3-7,10H2,1-2H3,(H,26,27). The summed E-state index contributed by atoms with van der Waals surface area (Å²) in [6, 6.07) is 5.20. The molecule has 0 aliphatic heterocycles. The first kappa shape index (κ1) is 19.9. The molecule has 1 aliphatic carbocycles. The molecule has 1 aromatic carbocycles. The van der Waals surface area contributed by atoms with E-state index in [1.54, 1.807) is 17.0 Å². The number of thiazole rings is 1. The molecule has 0 saturated heterocycles. The second-order valence-electron chi connectivity index (χ2n) is 7.96. The highest BCUT2D eigenvalue weighted by Gasteiger charge is 2.21. The molecule has 0 fully saturated rings. The van der Waals surface area contributed by atoms with Gasteiger partial charge < -0.3 is 9.88 Å². The van der Waals surface area contributed by atoms with Gasteiger partial charge in [-0.3, -0.25) is 0 Å². The number of hydrogen-bond donors (Lipinski definition) is 1. The molecule has 0 bridgehead atoms. The Morgan fingerprint density at radius 3 is 2.87 bits per heavy atom. The summed E-state index contributed by atoms with van der Waals surface area (Å²) in [5, 5.41) is 11.1. The van der Waals surface area contributed by atoms with Crippen LogP contribution in [0.5, 0.6) is 0 Å². The van der Waals surface area contributed by atoms with Gasteiger partial charge in [0.25, 0.3) is 0 Å². The number of aryl methyl sites for hydroxylation is 3. The maximum atomic E-state index is 14.8. The monoisotopic (exact) mass is 436 g/mol. The molecule has 1 aliphatic rings. The van der Waals surface area contributed by atoms with Gasteiger partial charge in [0.15, 0.2) is 5.13 Å². The molecule has 0 saturated carbocycles. The smallest absolute Gasteiger partial charge is 0.188 e. The van der Waals surface area contributed by atoms with Crippen LogP contribution in [0.25, 0.3) is 16.9 Å². The topological polar surface area (TPSA) is 60.6 Å². The molecule has 0 atom stereocenters. The van der Waals surface area contributed by atoms with Crippen LogP contribution in [-0.2, 0) is 19.4 Å². The van der Waals surface area contributed by atoms with Crippen LogP contribution in [0.4, 0.5) is 15.3 Å². The maximum absolute atomic E-state index is 14.8. The Hall–Kier alpha value is -3.00. The van der Waals surface area contributed by atoms with Crippen molar-refractivity contribution in [2.75, 3.05) is 5.32 Å². The first-order valence-electron chi connectivity index (χ1n) is 10.7. The van der Waals surface area contributed by atoms with Crippen LogP contribution in [-0.4, -0.2) is 24.3 Å². The SMILES string of the molecule is CCCn1nc2c(c1Nc1nc(-c3ccc(-n4cnc(C)c4)c(F)c3)cs1)CCCC2. The fourth-order valence-electron chi connectivity index (χ4n) is 4.11. The molecule has 3 aromatic heterocycles. The van der Waals surface area contributed by atoms with Gasteiger partial charge in [0.05, 0.1) is 29.1 Å². The Labute approximate surface area is 184 Å². The van der Waals surface area contributed by atoms with Crippen molar-refractivity contribution in [2.45, 2.75) is 52.5 Å². The van der Waals surface area contributed by atoms with E-state index in [2.05, 4.69) is 21.9 Å². The van der Waals surface area contributed by atoms with Crippen LogP contribution >= 0.6 is 11.3 Å². The Balaban J connectivity index is 1.41. The molecule has 31 heavy (non-hydrogen) atoms. The molecule has 3 heterocycles. The summed E-state index contributed by atoms with van der Waals surface area (Å²) in [5.41, 5.74) is 5.38. The van der Waals surface area contributed by atoms with Gasteiger partial charge >= 0.3 is 0 Å². The average Bonchev–Trinajstić information content (AvgIpc) is 3.48. The first-order valence-corrected chi connectivity index (χ1v) is 11.6. The number of anilines is 2. The number of nitrogens with zero attached hydrogens (tertiary/aromatic N) is 5. The number of aromatic nitrogens is 5. The molecule has 6 nitrogen and oxygen atoms in total. The van der Waals surface area contributed by atoms with E-state index in [0.29, 0.717) is 5.69 Å². The Morgan fingerprint density at radius 1 is 1.23 bits per heavy atom. The third-order valence-electron chi connectivity index (χ3n) is 5.62. The van der Waals surface area contributed by atoms with Crippen LogP contribution in [0.15, 0.2) is 36.1 Å². The second-order valence-corrected chi connectivity index (χ2v) is 8.81. The fraction of sp³-hybridized carbons (Fsp3) is 0.348. The molecule has 0 spiro atoms. The highest BCUT2D eigenvalue weighted by Crippen LogP contribution is 2.33. The number of fused-ring (bicyclic) bond motifs is 1. The predicted molar refractivity (Wildman–Crippen MR) is 122 cm³/mol. The fourth-order valence-corrected chi connectivity index (χ4v) is 4.83. The first-order chi connectivity index (χ1) is 15.1. The van der Waals surface area contributed by atoms with Crippen molar-refractivity contribution in [3.05, 3.63) is 58.9 Å². The number of rotatable bonds is 6. The van der Waals surface area contributed by atoms with E-state index in [-0.39, 0.29) is 5.82 Å². The Morgan fingerprint density at radius 2 is 2.10 bits per heavy atom. The van der Waals surface area contributed by atoms with E-state index in [1.807, 2.05) is 24.6 Å². The summed E-state index contributed by atoms with van der Waals surface area (Å²) >= 11 is 1.53. The Kier molecular flexibility index (Phi) is 5.31. The van der Waals surface area contributed by atoms with Gasteiger partial charge in [-0.25, -0.2) is 19.0 Å². The van der Waals surface area contributed by atoms with Gasteiger partial charge in [-0.2, -0.15) is 5.10 Å². The predicted octanol–water partition coefficient (Wildman–Crippen LogP) is 5.67.